The second-order valence-corrected chi connectivity index (χ2v) is 7.41. The zero-order valence-electron chi connectivity index (χ0n) is 14.8. The van der Waals surface area contributed by atoms with Crippen molar-refractivity contribution in [3.05, 3.63) is 40.4 Å². The summed E-state index contributed by atoms with van der Waals surface area (Å²) in [5.74, 6) is -0.222. The van der Waals surface area contributed by atoms with E-state index < -0.39 is 5.54 Å². The number of carbonyl (C=O) groups excluding carboxylic acids is 1. The maximum atomic E-state index is 12.6. The van der Waals surface area contributed by atoms with E-state index in [-0.39, 0.29) is 11.8 Å². The third-order valence-corrected chi connectivity index (χ3v) is 5.58. The van der Waals surface area contributed by atoms with Crippen molar-refractivity contribution in [2.45, 2.75) is 46.6 Å². The van der Waals surface area contributed by atoms with Crippen LogP contribution in [0.5, 0.6) is 0 Å². The lowest BCUT2D eigenvalue weighted by Gasteiger charge is -2.27. The normalized spacial score (nSPS) is 13.4. The van der Waals surface area contributed by atoms with Crippen molar-refractivity contribution in [2.24, 2.45) is 5.92 Å². The lowest BCUT2D eigenvalue weighted by Crippen LogP contribution is -2.48. The van der Waals surface area contributed by atoms with Gasteiger partial charge < -0.3 is 5.32 Å². The van der Waals surface area contributed by atoms with Crippen LogP contribution in [-0.4, -0.2) is 16.4 Å². The molecule has 1 amide bonds. The molecule has 0 aliphatic rings. The average molecular weight is 341 g/mol. The number of carbonyl (C=O) groups is 1. The highest BCUT2D eigenvalue weighted by molar-refractivity contribution is 7.17. The van der Waals surface area contributed by atoms with Gasteiger partial charge in [-0.25, -0.2) is 4.98 Å². The molecule has 0 aliphatic heterocycles. The Morgan fingerprint density at radius 1 is 1.38 bits per heavy atom. The van der Waals surface area contributed by atoms with Gasteiger partial charge in [-0.2, -0.15) is 5.26 Å². The Balaban J connectivity index is 2.28. The molecule has 0 fully saturated rings. The molecule has 0 saturated heterocycles. The maximum absolute atomic E-state index is 12.6. The minimum atomic E-state index is -0.892. The molecule has 0 radical (unpaired) electrons. The molecule has 0 aliphatic carbocycles. The first-order chi connectivity index (χ1) is 11.3. The number of thiazole rings is 1. The van der Waals surface area contributed by atoms with Gasteiger partial charge in [0.05, 0.1) is 11.8 Å². The molecule has 0 spiro atoms. The summed E-state index contributed by atoms with van der Waals surface area (Å²) in [4.78, 5) is 17.7. The van der Waals surface area contributed by atoms with E-state index in [0.717, 1.165) is 17.0 Å². The van der Waals surface area contributed by atoms with Crippen LogP contribution in [0.25, 0.3) is 10.6 Å². The van der Waals surface area contributed by atoms with Crippen molar-refractivity contribution in [3.8, 4) is 16.6 Å². The van der Waals surface area contributed by atoms with Gasteiger partial charge >= 0.3 is 0 Å². The third-order valence-electron chi connectivity index (χ3n) is 4.37. The summed E-state index contributed by atoms with van der Waals surface area (Å²) in [6.45, 7) is 9.53. The largest absolute Gasteiger partial charge is 0.333 e. The number of nitrogens with one attached hydrogen (secondary N) is 1. The Bertz CT molecular complexity index is 771. The van der Waals surface area contributed by atoms with Crippen LogP contribution >= 0.6 is 11.3 Å². The van der Waals surface area contributed by atoms with E-state index in [9.17, 15) is 10.1 Å². The van der Waals surface area contributed by atoms with Crippen molar-refractivity contribution in [1.82, 2.24) is 10.3 Å². The number of aromatic nitrogens is 1. The SMILES string of the molecule is CCc1ccc(-c2nc(C)c(C(=O)NC(C)(C#N)C(C)C)s2)cc1. The molecule has 1 heterocycles. The summed E-state index contributed by atoms with van der Waals surface area (Å²) < 4.78 is 0. The molecule has 1 aromatic carbocycles. The quantitative estimate of drug-likeness (QED) is 0.879. The lowest BCUT2D eigenvalue weighted by molar-refractivity contribution is 0.0911. The summed E-state index contributed by atoms with van der Waals surface area (Å²) >= 11 is 1.36. The molecule has 1 unspecified atom stereocenters. The minimum absolute atomic E-state index is 0.0146. The van der Waals surface area contributed by atoms with Crippen molar-refractivity contribution in [3.63, 3.8) is 0 Å². The van der Waals surface area contributed by atoms with Crippen LogP contribution in [0.4, 0.5) is 0 Å². The Morgan fingerprint density at radius 2 is 2.00 bits per heavy atom. The summed E-state index contributed by atoms with van der Waals surface area (Å²) in [6.07, 6.45) is 0.993. The minimum Gasteiger partial charge on any atom is -0.333 e. The highest BCUT2D eigenvalue weighted by Gasteiger charge is 2.31. The van der Waals surface area contributed by atoms with Gasteiger partial charge in [0.2, 0.25) is 0 Å². The smallest absolute Gasteiger partial charge is 0.264 e. The van der Waals surface area contributed by atoms with E-state index >= 15 is 0 Å². The number of nitriles is 1. The van der Waals surface area contributed by atoms with E-state index in [4.69, 9.17) is 0 Å². The summed E-state index contributed by atoms with van der Waals surface area (Å²) in [5, 5.41) is 13.1. The van der Waals surface area contributed by atoms with Crippen LogP contribution in [0.15, 0.2) is 24.3 Å². The van der Waals surface area contributed by atoms with Gasteiger partial charge in [-0.05, 0) is 31.7 Å². The van der Waals surface area contributed by atoms with Crippen molar-refractivity contribution >= 4 is 17.2 Å². The van der Waals surface area contributed by atoms with Gasteiger partial charge in [0, 0.05) is 5.56 Å². The van der Waals surface area contributed by atoms with Crippen molar-refractivity contribution in [1.29, 1.82) is 5.26 Å². The van der Waals surface area contributed by atoms with Gasteiger partial charge in [-0.1, -0.05) is 45.0 Å². The number of nitrogens with zero attached hydrogens (tertiary/aromatic N) is 2. The van der Waals surface area contributed by atoms with E-state index in [1.807, 2.05) is 32.9 Å². The molecule has 2 rings (SSSR count). The van der Waals surface area contributed by atoms with Gasteiger partial charge in [0.15, 0.2) is 0 Å². The fourth-order valence-corrected chi connectivity index (χ4v) is 3.17. The molecule has 0 bridgehead atoms. The molecule has 5 heteroatoms. The molecule has 1 N–H and O–H groups in total. The summed E-state index contributed by atoms with van der Waals surface area (Å²) in [7, 11) is 0. The maximum Gasteiger partial charge on any atom is 0.264 e. The van der Waals surface area contributed by atoms with Crippen LogP contribution < -0.4 is 5.32 Å². The van der Waals surface area contributed by atoms with Crippen LogP contribution in [0, 0.1) is 24.2 Å². The number of hydrogen-bond acceptors (Lipinski definition) is 4. The standard InChI is InChI=1S/C19H23N3OS/c1-6-14-7-9-15(10-8-14)18-21-13(4)16(24-18)17(23)22-19(5,11-20)12(2)3/h7-10,12H,6H2,1-5H3,(H,22,23). The fraction of sp³-hybridized carbons (Fsp3) is 0.421. The second-order valence-electron chi connectivity index (χ2n) is 6.41. The first-order valence-corrected chi connectivity index (χ1v) is 8.93. The lowest BCUT2D eigenvalue weighted by atomic mass is 9.90. The Morgan fingerprint density at radius 3 is 2.50 bits per heavy atom. The molecule has 24 heavy (non-hydrogen) atoms. The number of benzene rings is 1. The Hall–Kier alpha value is -2.19. The monoisotopic (exact) mass is 341 g/mol. The number of aryl methyl sites for hydroxylation is 2. The van der Waals surface area contributed by atoms with Crippen LogP contribution in [0.2, 0.25) is 0 Å². The molecular formula is C19H23N3OS. The third kappa shape index (κ3) is 3.65. The average Bonchev–Trinajstić information content (AvgIpc) is 2.96. The van der Waals surface area contributed by atoms with Crippen molar-refractivity contribution in [2.75, 3.05) is 0 Å². The Kier molecular flexibility index (Phi) is 5.40. The molecule has 4 nitrogen and oxygen atoms in total. The van der Waals surface area contributed by atoms with E-state index in [1.165, 1.54) is 16.9 Å². The van der Waals surface area contributed by atoms with Crippen LogP contribution in [0.3, 0.4) is 0 Å². The van der Waals surface area contributed by atoms with Crippen LogP contribution in [-0.2, 0) is 6.42 Å². The van der Waals surface area contributed by atoms with Gasteiger partial charge in [-0.3, -0.25) is 4.79 Å². The highest BCUT2D eigenvalue weighted by Crippen LogP contribution is 2.29. The van der Waals surface area contributed by atoms with Gasteiger partial charge in [-0.15, -0.1) is 11.3 Å². The Labute approximate surface area is 147 Å². The number of amides is 1. The predicted molar refractivity (Wildman–Crippen MR) is 98.0 cm³/mol. The fourth-order valence-electron chi connectivity index (χ4n) is 2.21. The molecule has 2 aromatic rings. The number of rotatable bonds is 5. The van der Waals surface area contributed by atoms with E-state index in [0.29, 0.717) is 10.6 Å². The van der Waals surface area contributed by atoms with Gasteiger partial charge in [0.25, 0.3) is 5.91 Å². The first kappa shape index (κ1) is 18.2. The van der Waals surface area contributed by atoms with E-state index in [1.54, 1.807) is 6.92 Å². The zero-order chi connectivity index (χ0) is 17.9. The summed E-state index contributed by atoms with van der Waals surface area (Å²) in [6, 6.07) is 10.4. The summed E-state index contributed by atoms with van der Waals surface area (Å²) in [5.41, 5.74) is 2.07. The number of hydrogen-bond donors (Lipinski definition) is 1. The predicted octanol–water partition coefficient (Wildman–Crippen LogP) is 4.35. The van der Waals surface area contributed by atoms with Crippen molar-refractivity contribution < 1.29 is 4.79 Å². The topological polar surface area (TPSA) is 65.8 Å². The molecule has 1 atom stereocenters. The van der Waals surface area contributed by atoms with Crippen LogP contribution in [0.1, 0.15) is 48.6 Å². The zero-order valence-corrected chi connectivity index (χ0v) is 15.6. The van der Waals surface area contributed by atoms with Gasteiger partial charge in [0.1, 0.15) is 15.4 Å². The highest BCUT2D eigenvalue weighted by atomic mass is 32.1. The van der Waals surface area contributed by atoms with E-state index in [2.05, 4.69) is 35.4 Å². The molecule has 0 saturated carbocycles. The second kappa shape index (κ2) is 7.14. The first-order valence-electron chi connectivity index (χ1n) is 8.11. The molecular weight excluding hydrogens is 318 g/mol. The molecule has 126 valence electrons. The molecule has 1 aromatic heterocycles.